The molecule has 0 aliphatic rings. The minimum Gasteiger partial charge on any atom is -0.486 e. The fourth-order valence-electron chi connectivity index (χ4n) is 2.58. The van der Waals surface area contributed by atoms with Crippen LogP contribution in [0.3, 0.4) is 0 Å². The van der Waals surface area contributed by atoms with Gasteiger partial charge in [-0.25, -0.2) is 4.98 Å². The van der Waals surface area contributed by atoms with Gasteiger partial charge in [-0.3, -0.25) is 4.79 Å². The summed E-state index contributed by atoms with van der Waals surface area (Å²) in [4.78, 5) is 15.4. The first kappa shape index (κ1) is 16.2. The van der Waals surface area contributed by atoms with Crippen LogP contribution in [0.25, 0.3) is 11.0 Å². The molecular formula is C19H20N2O3. The summed E-state index contributed by atoms with van der Waals surface area (Å²) in [6, 6.07) is 15.1. The number of rotatable bonds is 8. The molecule has 0 aliphatic carbocycles. The summed E-state index contributed by atoms with van der Waals surface area (Å²) in [6.45, 7) is 4.41. The quantitative estimate of drug-likeness (QED) is 0.470. The van der Waals surface area contributed by atoms with Gasteiger partial charge in [0.05, 0.1) is 17.6 Å². The fourth-order valence-corrected chi connectivity index (χ4v) is 2.58. The van der Waals surface area contributed by atoms with Gasteiger partial charge in [0, 0.05) is 18.7 Å². The molecule has 0 aliphatic heterocycles. The Hall–Kier alpha value is -2.66. The second kappa shape index (κ2) is 7.75. The average Bonchev–Trinajstić information content (AvgIpc) is 2.98. The van der Waals surface area contributed by atoms with Crippen LogP contribution in [0, 0.1) is 0 Å². The topological polar surface area (TPSA) is 53.4 Å². The minimum absolute atomic E-state index is 0.362. The molecule has 0 unspecified atom stereocenters. The molecule has 24 heavy (non-hydrogen) atoms. The monoisotopic (exact) mass is 324 g/mol. The number of fused-ring (bicyclic) bond motifs is 1. The fraction of sp³-hybridized carbons (Fsp3) is 0.263. The number of carbonyl (C=O) groups excluding carboxylic acids is 1. The molecule has 3 aromatic rings. The van der Waals surface area contributed by atoms with Crippen LogP contribution >= 0.6 is 0 Å². The Balaban J connectivity index is 1.79. The molecule has 0 saturated carbocycles. The number of para-hydroxylation sites is 2. The third kappa shape index (κ3) is 3.63. The van der Waals surface area contributed by atoms with Gasteiger partial charge in [-0.2, -0.15) is 0 Å². The Morgan fingerprint density at radius 3 is 2.67 bits per heavy atom. The van der Waals surface area contributed by atoms with E-state index in [4.69, 9.17) is 9.47 Å². The molecule has 2 aromatic carbocycles. The van der Waals surface area contributed by atoms with Crippen LogP contribution in [-0.2, 0) is 17.9 Å². The number of imidazole rings is 1. The van der Waals surface area contributed by atoms with Gasteiger partial charge < -0.3 is 14.0 Å². The molecule has 0 N–H and O–H groups in total. The zero-order valence-electron chi connectivity index (χ0n) is 13.6. The van der Waals surface area contributed by atoms with Crippen LogP contribution < -0.4 is 4.74 Å². The summed E-state index contributed by atoms with van der Waals surface area (Å²) < 4.78 is 13.4. The summed E-state index contributed by atoms with van der Waals surface area (Å²) in [5.41, 5.74) is 2.65. The van der Waals surface area contributed by atoms with Crippen molar-refractivity contribution in [1.82, 2.24) is 9.55 Å². The molecule has 0 radical (unpaired) electrons. The summed E-state index contributed by atoms with van der Waals surface area (Å²) in [5, 5.41) is 0. The molecule has 0 fully saturated rings. The lowest BCUT2D eigenvalue weighted by Crippen LogP contribution is -2.11. The number of benzene rings is 2. The number of aldehydes is 1. The van der Waals surface area contributed by atoms with Crippen LogP contribution in [0.2, 0.25) is 0 Å². The maximum Gasteiger partial charge on any atom is 0.150 e. The zero-order chi connectivity index (χ0) is 16.8. The van der Waals surface area contributed by atoms with Crippen molar-refractivity contribution in [2.75, 3.05) is 13.2 Å². The van der Waals surface area contributed by atoms with Crippen molar-refractivity contribution in [3.8, 4) is 5.75 Å². The molecule has 3 rings (SSSR count). The number of hydrogen-bond acceptors (Lipinski definition) is 4. The van der Waals surface area contributed by atoms with Crippen LogP contribution in [0.4, 0.5) is 0 Å². The standard InChI is InChI=1S/C19H20N2O3/c1-2-23-12-11-21-18-6-4-3-5-17(18)20-19(21)14-24-16-9-7-15(13-22)8-10-16/h3-10,13H,2,11-12,14H2,1H3. The minimum atomic E-state index is 0.362. The summed E-state index contributed by atoms with van der Waals surface area (Å²) in [5.74, 6) is 1.57. The zero-order valence-corrected chi connectivity index (χ0v) is 13.6. The third-order valence-electron chi connectivity index (χ3n) is 3.78. The molecule has 0 atom stereocenters. The highest BCUT2D eigenvalue weighted by molar-refractivity contribution is 5.76. The van der Waals surface area contributed by atoms with Crippen LogP contribution in [0.1, 0.15) is 23.1 Å². The van der Waals surface area contributed by atoms with E-state index in [1.54, 1.807) is 24.3 Å². The number of nitrogens with zero attached hydrogens (tertiary/aromatic N) is 2. The van der Waals surface area contributed by atoms with Crippen molar-refractivity contribution in [1.29, 1.82) is 0 Å². The largest absolute Gasteiger partial charge is 0.486 e. The van der Waals surface area contributed by atoms with Crippen molar-refractivity contribution in [2.24, 2.45) is 0 Å². The third-order valence-corrected chi connectivity index (χ3v) is 3.78. The Bertz CT molecular complexity index is 809. The highest BCUT2D eigenvalue weighted by Crippen LogP contribution is 2.18. The van der Waals surface area contributed by atoms with Gasteiger partial charge in [0.1, 0.15) is 24.5 Å². The number of carbonyl (C=O) groups is 1. The SMILES string of the molecule is CCOCCn1c(COc2ccc(C=O)cc2)nc2ccccc21. The number of aromatic nitrogens is 2. The summed E-state index contributed by atoms with van der Waals surface area (Å²) >= 11 is 0. The predicted molar refractivity (Wildman–Crippen MR) is 92.4 cm³/mol. The Morgan fingerprint density at radius 1 is 1.12 bits per heavy atom. The van der Waals surface area contributed by atoms with Crippen molar-refractivity contribution >= 4 is 17.3 Å². The molecule has 0 amide bonds. The van der Waals surface area contributed by atoms with E-state index in [1.807, 2.05) is 25.1 Å². The molecule has 124 valence electrons. The van der Waals surface area contributed by atoms with E-state index in [-0.39, 0.29) is 0 Å². The van der Waals surface area contributed by atoms with E-state index in [1.165, 1.54) is 0 Å². The van der Waals surface area contributed by atoms with E-state index in [0.29, 0.717) is 31.1 Å². The first-order valence-corrected chi connectivity index (χ1v) is 8.01. The molecular weight excluding hydrogens is 304 g/mol. The lowest BCUT2D eigenvalue weighted by Gasteiger charge is -2.10. The van der Waals surface area contributed by atoms with Crippen LogP contribution in [-0.4, -0.2) is 29.1 Å². The summed E-state index contributed by atoms with van der Waals surface area (Å²) in [7, 11) is 0. The van der Waals surface area contributed by atoms with E-state index in [2.05, 4.69) is 15.6 Å². The van der Waals surface area contributed by atoms with Gasteiger partial charge >= 0.3 is 0 Å². The maximum atomic E-state index is 10.7. The van der Waals surface area contributed by atoms with Crippen molar-refractivity contribution in [3.05, 3.63) is 59.9 Å². The first-order chi connectivity index (χ1) is 11.8. The number of ether oxygens (including phenoxy) is 2. The van der Waals surface area contributed by atoms with Gasteiger partial charge in [-0.1, -0.05) is 12.1 Å². The molecule has 1 heterocycles. The van der Waals surface area contributed by atoms with Crippen LogP contribution in [0.15, 0.2) is 48.5 Å². The molecule has 5 heteroatoms. The van der Waals surface area contributed by atoms with Crippen molar-refractivity contribution in [2.45, 2.75) is 20.1 Å². The Kier molecular flexibility index (Phi) is 5.23. The highest BCUT2D eigenvalue weighted by atomic mass is 16.5. The second-order valence-corrected chi connectivity index (χ2v) is 5.34. The van der Waals surface area contributed by atoms with Crippen molar-refractivity contribution in [3.63, 3.8) is 0 Å². The average molecular weight is 324 g/mol. The van der Waals surface area contributed by atoms with Crippen LogP contribution in [0.5, 0.6) is 5.75 Å². The lowest BCUT2D eigenvalue weighted by molar-refractivity contribution is 0.112. The first-order valence-electron chi connectivity index (χ1n) is 8.01. The predicted octanol–water partition coefficient (Wildman–Crippen LogP) is 3.46. The highest BCUT2D eigenvalue weighted by Gasteiger charge is 2.11. The van der Waals surface area contributed by atoms with E-state index in [9.17, 15) is 4.79 Å². The van der Waals surface area contributed by atoms with Gasteiger partial charge in [-0.15, -0.1) is 0 Å². The van der Waals surface area contributed by atoms with E-state index < -0.39 is 0 Å². The van der Waals surface area contributed by atoms with Gasteiger partial charge in [-0.05, 0) is 43.3 Å². The molecule has 0 bridgehead atoms. The summed E-state index contributed by atoms with van der Waals surface area (Å²) in [6.07, 6.45) is 0.816. The van der Waals surface area contributed by atoms with Gasteiger partial charge in [0.25, 0.3) is 0 Å². The van der Waals surface area contributed by atoms with Gasteiger partial charge in [0.15, 0.2) is 0 Å². The van der Waals surface area contributed by atoms with Gasteiger partial charge in [0.2, 0.25) is 0 Å². The van der Waals surface area contributed by atoms with E-state index >= 15 is 0 Å². The Labute approximate surface area is 140 Å². The normalized spacial score (nSPS) is 10.9. The maximum absolute atomic E-state index is 10.7. The number of hydrogen-bond donors (Lipinski definition) is 0. The second-order valence-electron chi connectivity index (χ2n) is 5.34. The van der Waals surface area contributed by atoms with E-state index in [0.717, 1.165) is 29.7 Å². The lowest BCUT2D eigenvalue weighted by atomic mass is 10.2. The molecule has 5 nitrogen and oxygen atoms in total. The van der Waals surface area contributed by atoms with Crippen molar-refractivity contribution < 1.29 is 14.3 Å². The smallest absolute Gasteiger partial charge is 0.150 e. The Morgan fingerprint density at radius 2 is 1.92 bits per heavy atom. The molecule has 0 spiro atoms. The molecule has 0 saturated heterocycles. The molecule has 1 aromatic heterocycles.